The van der Waals surface area contributed by atoms with E-state index in [1.54, 1.807) is 24.1 Å². The molecule has 0 aliphatic carbocycles. The number of anilines is 1. The molecule has 0 radical (unpaired) electrons. The molecule has 0 saturated heterocycles. The Bertz CT molecular complexity index is 530. The van der Waals surface area contributed by atoms with Crippen LogP contribution in [0, 0.1) is 6.92 Å². The fraction of sp³-hybridized carbons (Fsp3) is 0.333. The van der Waals surface area contributed by atoms with Crippen LogP contribution in [0.2, 0.25) is 0 Å². The molecule has 0 atom stereocenters. The minimum atomic E-state index is -0.0775. The summed E-state index contributed by atoms with van der Waals surface area (Å²) in [4.78, 5) is 11.2. The van der Waals surface area contributed by atoms with Gasteiger partial charge in [-0.2, -0.15) is 5.10 Å². The average Bonchev–Trinajstić information content (AvgIpc) is 2.96. The third kappa shape index (κ3) is 3.13. The van der Waals surface area contributed by atoms with Crippen LogP contribution < -0.4 is 10.6 Å². The van der Waals surface area contributed by atoms with Crippen molar-refractivity contribution in [1.29, 1.82) is 0 Å². The first-order valence-electron chi connectivity index (χ1n) is 5.69. The van der Waals surface area contributed by atoms with E-state index in [1.807, 2.05) is 19.1 Å². The molecule has 0 spiro atoms. The number of amides is 1. The summed E-state index contributed by atoms with van der Waals surface area (Å²) in [6, 6.07) is 3.85. The van der Waals surface area contributed by atoms with Gasteiger partial charge in [0.05, 0.1) is 18.4 Å². The van der Waals surface area contributed by atoms with E-state index in [9.17, 15) is 4.79 Å². The zero-order valence-electron chi connectivity index (χ0n) is 10.4. The average molecular weight is 248 g/mol. The highest BCUT2D eigenvalue weighted by Crippen LogP contribution is 2.10. The quantitative estimate of drug-likeness (QED) is 0.832. The number of furan rings is 1. The van der Waals surface area contributed by atoms with E-state index >= 15 is 0 Å². The predicted octanol–water partition coefficient (Wildman–Crippen LogP) is 1.14. The first-order chi connectivity index (χ1) is 8.67. The van der Waals surface area contributed by atoms with Gasteiger partial charge < -0.3 is 15.1 Å². The van der Waals surface area contributed by atoms with E-state index in [4.69, 9.17) is 4.42 Å². The van der Waals surface area contributed by atoms with Crippen molar-refractivity contribution in [3.8, 4) is 0 Å². The van der Waals surface area contributed by atoms with Gasteiger partial charge in [0.2, 0.25) is 5.91 Å². The van der Waals surface area contributed by atoms with Gasteiger partial charge in [-0.1, -0.05) is 0 Å². The third-order valence-corrected chi connectivity index (χ3v) is 2.48. The number of carbonyl (C=O) groups is 1. The molecule has 6 heteroatoms. The van der Waals surface area contributed by atoms with Gasteiger partial charge in [-0.05, 0) is 19.1 Å². The molecule has 0 saturated carbocycles. The van der Waals surface area contributed by atoms with Crippen molar-refractivity contribution in [2.45, 2.75) is 20.0 Å². The number of hydrogen-bond acceptors (Lipinski definition) is 4. The van der Waals surface area contributed by atoms with Gasteiger partial charge in [-0.25, -0.2) is 0 Å². The van der Waals surface area contributed by atoms with Crippen molar-refractivity contribution in [2.75, 3.05) is 12.4 Å². The monoisotopic (exact) mass is 248 g/mol. The van der Waals surface area contributed by atoms with Gasteiger partial charge in [-0.3, -0.25) is 9.48 Å². The second kappa shape index (κ2) is 5.39. The predicted molar refractivity (Wildman–Crippen MR) is 67.1 cm³/mol. The standard InChI is InChI=1S/C12H16N4O2/c1-9-3-4-11(18-9)6-14-10-5-15-16(7-10)8-12(17)13-2/h3-5,7,14H,6,8H2,1-2H3,(H,13,17). The lowest BCUT2D eigenvalue weighted by Crippen LogP contribution is -2.23. The second-order valence-corrected chi connectivity index (χ2v) is 3.97. The summed E-state index contributed by atoms with van der Waals surface area (Å²) in [6.45, 7) is 2.72. The maximum absolute atomic E-state index is 11.2. The summed E-state index contributed by atoms with van der Waals surface area (Å²) in [5.74, 6) is 1.68. The largest absolute Gasteiger partial charge is 0.465 e. The van der Waals surface area contributed by atoms with Crippen molar-refractivity contribution >= 4 is 11.6 Å². The fourth-order valence-corrected chi connectivity index (χ4v) is 1.54. The van der Waals surface area contributed by atoms with Crippen molar-refractivity contribution in [2.24, 2.45) is 0 Å². The molecule has 2 aromatic heterocycles. The smallest absolute Gasteiger partial charge is 0.241 e. The minimum Gasteiger partial charge on any atom is -0.465 e. The highest BCUT2D eigenvalue weighted by atomic mass is 16.3. The maximum Gasteiger partial charge on any atom is 0.241 e. The Morgan fingerprint density at radius 2 is 2.33 bits per heavy atom. The molecule has 0 aliphatic heterocycles. The zero-order valence-corrected chi connectivity index (χ0v) is 10.4. The Kier molecular flexibility index (Phi) is 3.66. The van der Waals surface area contributed by atoms with Crippen LogP contribution in [0.15, 0.2) is 28.9 Å². The molecule has 1 amide bonds. The molecule has 0 unspecified atom stereocenters. The van der Waals surface area contributed by atoms with Crippen LogP contribution in [-0.2, 0) is 17.9 Å². The lowest BCUT2D eigenvalue weighted by atomic mass is 10.4. The fourth-order valence-electron chi connectivity index (χ4n) is 1.54. The number of nitrogens with zero attached hydrogens (tertiary/aromatic N) is 2. The van der Waals surface area contributed by atoms with E-state index in [0.717, 1.165) is 17.2 Å². The van der Waals surface area contributed by atoms with Crippen LogP contribution in [0.3, 0.4) is 0 Å². The van der Waals surface area contributed by atoms with E-state index in [1.165, 1.54) is 0 Å². The van der Waals surface area contributed by atoms with Crippen molar-refractivity contribution in [3.05, 3.63) is 36.0 Å². The van der Waals surface area contributed by atoms with Crippen LogP contribution in [0.25, 0.3) is 0 Å². The Morgan fingerprint density at radius 3 is 3.00 bits per heavy atom. The Morgan fingerprint density at radius 1 is 1.50 bits per heavy atom. The molecule has 96 valence electrons. The lowest BCUT2D eigenvalue weighted by Gasteiger charge is -2.00. The minimum absolute atomic E-state index is 0.0775. The van der Waals surface area contributed by atoms with Crippen molar-refractivity contribution < 1.29 is 9.21 Å². The van der Waals surface area contributed by atoms with Gasteiger partial charge >= 0.3 is 0 Å². The highest BCUT2D eigenvalue weighted by molar-refractivity contribution is 5.75. The molecule has 0 aromatic carbocycles. The Hall–Kier alpha value is -2.24. The van der Waals surface area contributed by atoms with Gasteiger partial charge in [0.1, 0.15) is 18.1 Å². The first-order valence-corrected chi connectivity index (χ1v) is 5.69. The first kappa shape index (κ1) is 12.2. The number of carbonyl (C=O) groups excluding carboxylic acids is 1. The van der Waals surface area contributed by atoms with Crippen LogP contribution in [0.4, 0.5) is 5.69 Å². The molecule has 2 heterocycles. The van der Waals surface area contributed by atoms with E-state index < -0.39 is 0 Å². The van der Waals surface area contributed by atoms with Crippen LogP contribution in [-0.4, -0.2) is 22.7 Å². The number of aromatic nitrogens is 2. The number of likely N-dealkylation sites (N-methyl/N-ethyl adjacent to an activating group) is 1. The Labute approximate surface area is 105 Å². The van der Waals surface area contributed by atoms with Crippen molar-refractivity contribution in [1.82, 2.24) is 15.1 Å². The third-order valence-electron chi connectivity index (χ3n) is 2.48. The zero-order chi connectivity index (χ0) is 13.0. The molecule has 18 heavy (non-hydrogen) atoms. The van der Waals surface area contributed by atoms with Gasteiger partial charge in [-0.15, -0.1) is 0 Å². The molecule has 2 rings (SSSR count). The highest BCUT2D eigenvalue weighted by Gasteiger charge is 2.03. The summed E-state index contributed by atoms with van der Waals surface area (Å²) in [5.41, 5.74) is 0.855. The van der Waals surface area contributed by atoms with Gasteiger partial charge in [0, 0.05) is 13.2 Å². The topological polar surface area (TPSA) is 72.1 Å². The molecule has 2 aromatic rings. The number of hydrogen-bond donors (Lipinski definition) is 2. The number of aryl methyl sites for hydroxylation is 1. The van der Waals surface area contributed by atoms with Crippen LogP contribution >= 0.6 is 0 Å². The van der Waals surface area contributed by atoms with E-state index in [-0.39, 0.29) is 12.5 Å². The summed E-state index contributed by atoms with van der Waals surface area (Å²) < 4.78 is 7.02. The van der Waals surface area contributed by atoms with Crippen molar-refractivity contribution in [3.63, 3.8) is 0 Å². The lowest BCUT2D eigenvalue weighted by molar-refractivity contribution is -0.121. The summed E-state index contributed by atoms with van der Waals surface area (Å²) in [7, 11) is 1.60. The summed E-state index contributed by atoms with van der Waals surface area (Å²) in [6.07, 6.45) is 3.46. The SMILES string of the molecule is CNC(=O)Cn1cc(NCc2ccc(C)o2)cn1. The van der Waals surface area contributed by atoms with Crippen LogP contribution in [0.5, 0.6) is 0 Å². The molecule has 0 fully saturated rings. The maximum atomic E-state index is 11.2. The van der Waals surface area contributed by atoms with Gasteiger partial charge in [0.25, 0.3) is 0 Å². The number of nitrogens with one attached hydrogen (secondary N) is 2. The summed E-state index contributed by atoms with van der Waals surface area (Å²) in [5, 5.41) is 9.81. The molecular weight excluding hydrogens is 232 g/mol. The number of rotatable bonds is 5. The normalized spacial score (nSPS) is 10.3. The van der Waals surface area contributed by atoms with E-state index in [2.05, 4.69) is 15.7 Å². The summed E-state index contributed by atoms with van der Waals surface area (Å²) >= 11 is 0. The molecular formula is C12H16N4O2. The Balaban J connectivity index is 1.88. The molecule has 6 nitrogen and oxygen atoms in total. The van der Waals surface area contributed by atoms with E-state index in [0.29, 0.717) is 6.54 Å². The molecule has 0 bridgehead atoms. The second-order valence-electron chi connectivity index (χ2n) is 3.97. The molecule has 0 aliphatic rings. The molecule has 2 N–H and O–H groups in total. The van der Waals surface area contributed by atoms with Gasteiger partial charge in [0.15, 0.2) is 0 Å². The van der Waals surface area contributed by atoms with Crippen LogP contribution in [0.1, 0.15) is 11.5 Å².